The summed E-state index contributed by atoms with van der Waals surface area (Å²) < 4.78 is 0. The van der Waals surface area contributed by atoms with E-state index in [4.69, 9.17) is 0 Å². The van der Waals surface area contributed by atoms with E-state index in [1.165, 1.54) is 0 Å². The van der Waals surface area contributed by atoms with Gasteiger partial charge in [0, 0.05) is 34.1 Å². The van der Waals surface area contributed by atoms with E-state index in [0.29, 0.717) is 17.3 Å². The summed E-state index contributed by atoms with van der Waals surface area (Å²) in [7, 11) is 0. The molecular formula is C20H20N4O. The van der Waals surface area contributed by atoms with Crippen LogP contribution in [0.3, 0.4) is 0 Å². The highest BCUT2D eigenvalue weighted by Gasteiger charge is 2.30. The second-order valence-corrected chi connectivity index (χ2v) is 6.59. The molecule has 1 aliphatic carbocycles. The van der Waals surface area contributed by atoms with Crippen LogP contribution in [0.15, 0.2) is 42.5 Å². The van der Waals surface area contributed by atoms with Crippen LogP contribution in [0.5, 0.6) is 0 Å². The van der Waals surface area contributed by atoms with Crippen LogP contribution >= 0.6 is 0 Å². The SMILES string of the molecule is Cc1cc(C(=O)Nc2n[nH]c(C3CC3)c2-c2ccccc2)cc(C)n1. The lowest BCUT2D eigenvalue weighted by molar-refractivity contribution is 0.102. The molecule has 0 aliphatic heterocycles. The summed E-state index contributed by atoms with van der Waals surface area (Å²) in [6.45, 7) is 3.78. The van der Waals surface area contributed by atoms with Gasteiger partial charge in [0.15, 0.2) is 5.82 Å². The van der Waals surface area contributed by atoms with Gasteiger partial charge in [0.1, 0.15) is 0 Å². The molecule has 25 heavy (non-hydrogen) atoms. The predicted octanol–water partition coefficient (Wildman–Crippen LogP) is 4.22. The zero-order chi connectivity index (χ0) is 17.4. The number of rotatable bonds is 4. The lowest BCUT2D eigenvalue weighted by atomic mass is 10.0. The summed E-state index contributed by atoms with van der Waals surface area (Å²) in [5.41, 5.74) is 5.43. The molecule has 0 atom stereocenters. The lowest BCUT2D eigenvalue weighted by Crippen LogP contribution is -2.13. The van der Waals surface area contributed by atoms with Gasteiger partial charge in [-0.2, -0.15) is 5.10 Å². The van der Waals surface area contributed by atoms with Gasteiger partial charge in [0.25, 0.3) is 5.91 Å². The molecule has 5 nitrogen and oxygen atoms in total. The highest BCUT2D eigenvalue weighted by Crippen LogP contribution is 2.45. The standard InChI is InChI=1S/C20H20N4O/c1-12-10-16(11-13(2)21-12)20(25)22-19-17(14-6-4-3-5-7-14)18(23-24-19)15-8-9-15/h3-7,10-11,15H,8-9H2,1-2H3,(H2,22,23,24,25). The van der Waals surface area contributed by atoms with Crippen molar-refractivity contribution < 1.29 is 4.79 Å². The highest BCUT2D eigenvalue weighted by molar-refractivity contribution is 6.05. The van der Waals surface area contributed by atoms with Gasteiger partial charge in [-0.15, -0.1) is 0 Å². The maximum atomic E-state index is 12.7. The van der Waals surface area contributed by atoms with Crippen molar-refractivity contribution in [3.63, 3.8) is 0 Å². The van der Waals surface area contributed by atoms with Crippen molar-refractivity contribution in [2.75, 3.05) is 5.32 Å². The predicted molar refractivity (Wildman–Crippen MR) is 97.7 cm³/mol. The van der Waals surface area contributed by atoms with Gasteiger partial charge in [0.2, 0.25) is 0 Å². The Kier molecular flexibility index (Phi) is 3.84. The molecular weight excluding hydrogens is 312 g/mol. The third kappa shape index (κ3) is 3.18. The van der Waals surface area contributed by atoms with E-state index in [1.807, 2.05) is 44.2 Å². The van der Waals surface area contributed by atoms with Crippen molar-refractivity contribution in [3.05, 3.63) is 65.1 Å². The molecule has 5 heteroatoms. The van der Waals surface area contributed by atoms with E-state index in [-0.39, 0.29) is 5.91 Å². The Morgan fingerprint density at radius 2 is 1.80 bits per heavy atom. The van der Waals surface area contributed by atoms with Gasteiger partial charge in [-0.3, -0.25) is 14.9 Å². The van der Waals surface area contributed by atoms with E-state index in [9.17, 15) is 4.79 Å². The number of H-pyrrole nitrogens is 1. The fourth-order valence-electron chi connectivity index (χ4n) is 3.16. The Bertz CT molecular complexity index is 906. The monoisotopic (exact) mass is 332 g/mol. The van der Waals surface area contributed by atoms with Crippen LogP contribution in [0.4, 0.5) is 5.82 Å². The second kappa shape index (κ2) is 6.16. The maximum absolute atomic E-state index is 12.7. The molecule has 1 aromatic carbocycles. The van der Waals surface area contributed by atoms with Gasteiger partial charge in [-0.05, 0) is 44.4 Å². The first-order valence-corrected chi connectivity index (χ1v) is 8.52. The van der Waals surface area contributed by atoms with E-state index in [0.717, 1.165) is 41.1 Å². The van der Waals surface area contributed by atoms with Gasteiger partial charge < -0.3 is 5.32 Å². The summed E-state index contributed by atoms with van der Waals surface area (Å²) in [5, 5.41) is 10.5. The molecule has 0 unspecified atom stereocenters. The van der Waals surface area contributed by atoms with E-state index in [2.05, 4.69) is 20.5 Å². The number of aromatic nitrogens is 3. The van der Waals surface area contributed by atoms with Crippen molar-refractivity contribution in [1.29, 1.82) is 0 Å². The average Bonchev–Trinajstić information content (AvgIpc) is 3.36. The minimum atomic E-state index is -0.167. The lowest BCUT2D eigenvalue weighted by Gasteiger charge is -2.08. The Balaban J connectivity index is 1.70. The summed E-state index contributed by atoms with van der Waals surface area (Å²) >= 11 is 0. The highest BCUT2D eigenvalue weighted by atomic mass is 16.1. The van der Waals surface area contributed by atoms with Gasteiger partial charge >= 0.3 is 0 Å². The molecule has 0 bridgehead atoms. The van der Waals surface area contributed by atoms with E-state index in [1.54, 1.807) is 12.1 Å². The van der Waals surface area contributed by atoms with E-state index >= 15 is 0 Å². The Morgan fingerprint density at radius 3 is 2.44 bits per heavy atom. The minimum absolute atomic E-state index is 0.167. The maximum Gasteiger partial charge on any atom is 0.257 e. The quantitative estimate of drug-likeness (QED) is 0.751. The minimum Gasteiger partial charge on any atom is -0.305 e. The third-order valence-corrected chi connectivity index (χ3v) is 4.42. The molecule has 2 aromatic heterocycles. The number of amides is 1. The number of carbonyl (C=O) groups excluding carboxylic acids is 1. The molecule has 0 saturated heterocycles. The first kappa shape index (κ1) is 15.6. The van der Waals surface area contributed by atoms with Crippen LogP contribution < -0.4 is 5.32 Å². The summed E-state index contributed by atoms with van der Waals surface area (Å²) in [6, 6.07) is 13.7. The first-order chi connectivity index (χ1) is 12.1. The van der Waals surface area contributed by atoms with Crippen molar-refractivity contribution in [3.8, 4) is 11.1 Å². The molecule has 3 aromatic rings. The van der Waals surface area contributed by atoms with Crippen molar-refractivity contribution in [1.82, 2.24) is 15.2 Å². The summed E-state index contributed by atoms with van der Waals surface area (Å²) in [4.78, 5) is 17.0. The molecule has 0 radical (unpaired) electrons. The topological polar surface area (TPSA) is 70.7 Å². The molecule has 1 aliphatic rings. The fourth-order valence-corrected chi connectivity index (χ4v) is 3.16. The number of benzene rings is 1. The number of pyridine rings is 1. The number of nitrogens with zero attached hydrogens (tertiary/aromatic N) is 2. The summed E-state index contributed by atoms with van der Waals surface area (Å²) in [5.74, 6) is 0.934. The number of hydrogen-bond acceptors (Lipinski definition) is 3. The van der Waals surface area contributed by atoms with Gasteiger partial charge in [-0.1, -0.05) is 30.3 Å². The van der Waals surface area contributed by atoms with Crippen LogP contribution in [0, 0.1) is 13.8 Å². The van der Waals surface area contributed by atoms with Crippen LogP contribution in [0.1, 0.15) is 46.2 Å². The summed E-state index contributed by atoms with van der Waals surface area (Å²) in [6.07, 6.45) is 2.33. The number of nitrogens with one attached hydrogen (secondary N) is 2. The third-order valence-electron chi connectivity index (χ3n) is 4.42. The molecule has 1 amide bonds. The largest absolute Gasteiger partial charge is 0.305 e. The molecule has 4 rings (SSSR count). The average molecular weight is 332 g/mol. The van der Waals surface area contributed by atoms with Crippen LogP contribution in [0.2, 0.25) is 0 Å². The number of aromatic amines is 1. The zero-order valence-electron chi connectivity index (χ0n) is 14.3. The van der Waals surface area contributed by atoms with Crippen molar-refractivity contribution >= 4 is 11.7 Å². The van der Waals surface area contributed by atoms with E-state index < -0.39 is 0 Å². The van der Waals surface area contributed by atoms with Crippen LogP contribution in [-0.4, -0.2) is 21.1 Å². The Labute approximate surface area is 146 Å². The van der Waals surface area contributed by atoms with Gasteiger partial charge in [0.05, 0.1) is 0 Å². The zero-order valence-corrected chi connectivity index (χ0v) is 14.3. The molecule has 1 saturated carbocycles. The Hall–Kier alpha value is -2.95. The molecule has 2 N–H and O–H groups in total. The second-order valence-electron chi connectivity index (χ2n) is 6.59. The Morgan fingerprint density at radius 1 is 1.12 bits per heavy atom. The molecule has 1 fully saturated rings. The molecule has 0 spiro atoms. The van der Waals surface area contributed by atoms with Crippen LogP contribution in [-0.2, 0) is 0 Å². The fraction of sp³-hybridized carbons (Fsp3) is 0.250. The molecule has 2 heterocycles. The smallest absolute Gasteiger partial charge is 0.257 e. The number of hydrogen-bond donors (Lipinski definition) is 2. The van der Waals surface area contributed by atoms with Crippen molar-refractivity contribution in [2.45, 2.75) is 32.6 Å². The normalized spacial score (nSPS) is 13.7. The first-order valence-electron chi connectivity index (χ1n) is 8.52. The number of carbonyl (C=O) groups is 1. The van der Waals surface area contributed by atoms with Crippen LogP contribution in [0.25, 0.3) is 11.1 Å². The van der Waals surface area contributed by atoms with Crippen molar-refractivity contribution in [2.24, 2.45) is 0 Å². The molecule has 126 valence electrons. The number of anilines is 1. The van der Waals surface area contributed by atoms with Gasteiger partial charge in [-0.25, -0.2) is 0 Å². The number of aryl methyl sites for hydroxylation is 2.